The van der Waals surface area contributed by atoms with Crippen molar-refractivity contribution >= 4 is 5.78 Å². The quantitative estimate of drug-likeness (QED) is 0.690. The van der Waals surface area contributed by atoms with Crippen LogP contribution in [0.3, 0.4) is 0 Å². The highest BCUT2D eigenvalue weighted by Crippen LogP contribution is 2.32. The van der Waals surface area contributed by atoms with Crippen LogP contribution in [0.4, 0.5) is 0 Å². The third kappa shape index (κ3) is 4.08. The van der Waals surface area contributed by atoms with Crippen LogP contribution in [-0.4, -0.2) is 30.3 Å². The molecule has 0 aliphatic heterocycles. The van der Waals surface area contributed by atoms with E-state index in [0.29, 0.717) is 11.7 Å². The lowest BCUT2D eigenvalue weighted by molar-refractivity contribution is -0.126. The summed E-state index contributed by atoms with van der Waals surface area (Å²) in [5.41, 5.74) is 0. The Bertz CT molecular complexity index is 272. The molecular weight excluding hydrogens is 222 g/mol. The number of rotatable bonds is 7. The van der Waals surface area contributed by atoms with Gasteiger partial charge in [0.15, 0.2) is 0 Å². The zero-order valence-corrected chi connectivity index (χ0v) is 12.2. The van der Waals surface area contributed by atoms with E-state index in [2.05, 4.69) is 18.7 Å². The first-order valence-corrected chi connectivity index (χ1v) is 7.98. The van der Waals surface area contributed by atoms with Gasteiger partial charge in [-0.2, -0.15) is 0 Å². The molecule has 0 aromatic rings. The maximum atomic E-state index is 12.1. The Hall–Kier alpha value is -0.370. The number of nitrogens with zero attached hydrogens (tertiary/aromatic N) is 1. The van der Waals surface area contributed by atoms with Crippen LogP contribution in [0.2, 0.25) is 0 Å². The van der Waals surface area contributed by atoms with Crippen LogP contribution >= 0.6 is 0 Å². The lowest BCUT2D eigenvalue weighted by atomic mass is 9.79. The van der Waals surface area contributed by atoms with Gasteiger partial charge in [-0.3, -0.25) is 4.79 Å². The Labute approximate surface area is 112 Å². The molecular formula is C16H29NO. The van der Waals surface area contributed by atoms with Gasteiger partial charge in [-0.1, -0.05) is 20.3 Å². The second-order valence-corrected chi connectivity index (χ2v) is 6.41. The van der Waals surface area contributed by atoms with Crippen molar-refractivity contribution < 1.29 is 4.79 Å². The average molecular weight is 251 g/mol. The fourth-order valence-electron chi connectivity index (χ4n) is 3.30. The van der Waals surface area contributed by atoms with E-state index in [9.17, 15) is 4.79 Å². The van der Waals surface area contributed by atoms with Crippen molar-refractivity contribution in [3.8, 4) is 0 Å². The van der Waals surface area contributed by atoms with Crippen molar-refractivity contribution in [2.75, 3.05) is 19.6 Å². The first kappa shape index (κ1) is 14.0. The molecule has 2 saturated carbocycles. The van der Waals surface area contributed by atoms with Gasteiger partial charge in [0.05, 0.1) is 0 Å². The summed E-state index contributed by atoms with van der Waals surface area (Å²) in [7, 11) is 0. The van der Waals surface area contributed by atoms with E-state index in [-0.39, 0.29) is 0 Å². The van der Waals surface area contributed by atoms with Crippen LogP contribution < -0.4 is 0 Å². The van der Waals surface area contributed by atoms with E-state index in [1.165, 1.54) is 38.8 Å². The van der Waals surface area contributed by atoms with Crippen molar-refractivity contribution in [1.82, 2.24) is 4.90 Å². The van der Waals surface area contributed by atoms with Gasteiger partial charge in [-0.25, -0.2) is 0 Å². The molecule has 0 aromatic carbocycles. The summed E-state index contributed by atoms with van der Waals surface area (Å²) in [6.07, 6.45) is 8.42. The second kappa shape index (κ2) is 6.70. The monoisotopic (exact) mass is 251 g/mol. The molecule has 0 aromatic heterocycles. The summed E-state index contributed by atoms with van der Waals surface area (Å²) in [4.78, 5) is 14.6. The van der Waals surface area contributed by atoms with Crippen LogP contribution in [0, 0.1) is 17.8 Å². The van der Waals surface area contributed by atoms with Crippen LogP contribution in [0.5, 0.6) is 0 Å². The Morgan fingerprint density at radius 1 is 1.11 bits per heavy atom. The predicted molar refractivity (Wildman–Crippen MR) is 75.6 cm³/mol. The van der Waals surface area contributed by atoms with Gasteiger partial charge >= 0.3 is 0 Å². The first-order chi connectivity index (χ1) is 8.72. The Balaban J connectivity index is 1.84. The van der Waals surface area contributed by atoms with Gasteiger partial charge in [0.25, 0.3) is 0 Å². The highest BCUT2D eigenvalue weighted by molar-refractivity contribution is 5.81. The third-order valence-corrected chi connectivity index (χ3v) is 4.68. The number of carbonyl (C=O) groups excluding carboxylic acids is 1. The summed E-state index contributed by atoms with van der Waals surface area (Å²) in [5.74, 6) is 2.62. The topological polar surface area (TPSA) is 20.3 Å². The van der Waals surface area contributed by atoms with Crippen LogP contribution in [0.15, 0.2) is 0 Å². The third-order valence-electron chi connectivity index (χ3n) is 4.68. The molecule has 2 fully saturated rings. The highest BCUT2D eigenvalue weighted by Gasteiger charge is 2.31. The summed E-state index contributed by atoms with van der Waals surface area (Å²) < 4.78 is 0. The molecule has 0 bridgehead atoms. The molecule has 0 radical (unpaired) electrons. The molecule has 18 heavy (non-hydrogen) atoms. The molecule has 2 aliphatic rings. The average Bonchev–Trinajstić information content (AvgIpc) is 3.16. The minimum atomic E-state index is 0.342. The molecule has 104 valence electrons. The van der Waals surface area contributed by atoms with Gasteiger partial charge in [0, 0.05) is 25.4 Å². The molecule has 2 rings (SSSR count). The maximum Gasteiger partial charge on any atom is 0.137 e. The largest absolute Gasteiger partial charge is 0.302 e. The fraction of sp³-hybridized carbons (Fsp3) is 0.938. The maximum absolute atomic E-state index is 12.1. The molecule has 0 saturated heterocycles. The van der Waals surface area contributed by atoms with Crippen molar-refractivity contribution in [3.63, 3.8) is 0 Å². The lowest BCUT2D eigenvalue weighted by Gasteiger charge is -2.32. The molecule has 0 heterocycles. The fourth-order valence-corrected chi connectivity index (χ4v) is 3.30. The van der Waals surface area contributed by atoms with Crippen molar-refractivity contribution in [1.29, 1.82) is 0 Å². The number of carbonyl (C=O) groups is 1. The molecule has 0 spiro atoms. The highest BCUT2D eigenvalue weighted by atomic mass is 16.1. The molecule has 0 N–H and O–H groups in total. The molecule has 0 amide bonds. The van der Waals surface area contributed by atoms with Crippen LogP contribution in [0.1, 0.15) is 58.8 Å². The minimum Gasteiger partial charge on any atom is -0.302 e. The van der Waals surface area contributed by atoms with Crippen molar-refractivity contribution in [3.05, 3.63) is 0 Å². The van der Waals surface area contributed by atoms with Gasteiger partial charge in [0.1, 0.15) is 5.78 Å². The van der Waals surface area contributed by atoms with E-state index in [1.54, 1.807) is 0 Å². The van der Waals surface area contributed by atoms with Crippen molar-refractivity contribution in [2.24, 2.45) is 17.8 Å². The van der Waals surface area contributed by atoms with E-state index in [0.717, 1.165) is 37.6 Å². The van der Waals surface area contributed by atoms with Crippen LogP contribution in [0.25, 0.3) is 0 Å². The standard InChI is InChI=1S/C16H29NO/c1-3-9-17(11-14-5-6-14)12-15-10-13(4-2)7-8-16(15)18/h13-15H,3-12H2,1-2H3. The summed E-state index contributed by atoms with van der Waals surface area (Å²) in [6, 6.07) is 0. The number of ketones is 1. The zero-order chi connectivity index (χ0) is 13.0. The normalized spacial score (nSPS) is 28.9. The van der Waals surface area contributed by atoms with Gasteiger partial charge in [0.2, 0.25) is 0 Å². The lowest BCUT2D eigenvalue weighted by Crippen LogP contribution is -2.38. The first-order valence-electron chi connectivity index (χ1n) is 7.98. The molecule has 2 aliphatic carbocycles. The molecule has 2 atom stereocenters. The minimum absolute atomic E-state index is 0.342. The molecule has 2 nitrogen and oxygen atoms in total. The van der Waals surface area contributed by atoms with Gasteiger partial charge < -0.3 is 4.90 Å². The Kier molecular flexibility index (Phi) is 5.23. The molecule has 2 unspecified atom stereocenters. The predicted octanol–water partition coefficient (Wildman–Crippen LogP) is 3.50. The Morgan fingerprint density at radius 3 is 2.50 bits per heavy atom. The summed E-state index contributed by atoms with van der Waals surface area (Å²) in [5, 5.41) is 0. The van der Waals surface area contributed by atoms with Crippen LogP contribution in [-0.2, 0) is 4.79 Å². The smallest absolute Gasteiger partial charge is 0.137 e. The zero-order valence-electron chi connectivity index (χ0n) is 12.2. The number of Topliss-reactive ketones (excluding diaryl/α,β-unsaturated/α-hetero) is 1. The van der Waals surface area contributed by atoms with E-state index < -0.39 is 0 Å². The molecule has 2 heteroatoms. The van der Waals surface area contributed by atoms with E-state index in [4.69, 9.17) is 0 Å². The van der Waals surface area contributed by atoms with E-state index in [1.807, 2.05) is 0 Å². The SMILES string of the molecule is CCCN(CC1CC1)CC1CC(CC)CCC1=O. The second-order valence-electron chi connectivity index (χ2n) is 6.41. The van der Waals surface area contributed by atoms with E-state index >= 15 is 0 Å². The number of hydrogen-bond acceptors (Lipinski definition) is 2. The van der Waals surface area contributed by atoms with Crippen molar-refractivity contribution in [2.45, 2.75) is 58.8 Å². The summed E-state index contributed by atoms with van der Waals surface area (Å²) >= 11 is 0. The van der Waals surface area contributed by atoms with Gasteiger partial charge in [-0.05, 0) is 50.5 Å². The number of hydrogen-bond donors (Lipinski definition) is 0. The Morgan fingerprint density at radius 2 is 1.89 bits per heavy atom. The summed E-state index contributed by atoms with van der Waals surface area (Å²) in [6.45, 7) is 7.98. The van der Waals surface area contributed by atoms with Gasteiger partial charge in [-0.15, -0.1) is 0 Å².